The Bertz CT molecular complexity index is 524. The number of hydrogen-bond donors (Lipinski definition) is 0. The van der Waals surface area contributed by atoms with Gasteiger partial charge in [-0.05, 0) is 60.1 Å². The van der Waals surface area contributed by atoms with Gasteiger partial charge in [0.05, 0.1) is 24.4 Å². The molecule has 1 aromatic carbocycles. The van der Waals surface area contributed by atoms with Crippen molar-refractivity contribution in [3.8, 4) is 5.75 Å². The van der Waals surface area contributed by atoms with Crippen molar-refractivity contribution in [3.05, 3.63) is 46.7 Å². The normalized spacial score (nSPS) is 11.0. The molecule has 0 amide bonds. The monoisotopic (exact) mass is 337 g/mol. The number of methoxy groups -OCH3 is 1. The summed E-state index contributed by atoms with van der Waals surface area (Å²) in [6, 6.07) is 8.29. The van der Waals surface area contributed by atoms with Crippen molar-refractivity contribution < 1.29 is 4.74 Å². The maximum Gasteiger partial charge on any atom is 0.118 e. The summed E-state index contributed by atoms with van der Waals surface area (Å²) < 4.78 is 8.10. The fourth-order valence-electron chi connectivity index (χ4n) is 2.08. The lowest BCUT2D eigenvalue weighted by Gasteiger charge is -2.16. The minimum atomic E-state index is 0.814. The van der Waals surface area contributed by atoms with Crippen LogP contribution in [0.25, 0.3) is 0 Å². The Labute approximate surface area is 128 Å². The summed E-state index contributed by atoms with van der Waals surface area (Å²) in [4.78, 5) is 2.27. The van der Waals surface area contributed by atoms with Crippen LogP contribution in [0.3, 0.4) is 0 Å². The topological polar surface area (TPSA) is 30.3 Å². The van der Waals surface area contributed by atoms with Gasteiger partial charge in [0.2, 0.25) is 0 Å². The Kier molecular flexibility index (Phi) is 5.61. The van der Waals surface area contributed by atoms with Crippen LogP contribution in [0.15, 0.2) is 41.1 Å². The molecule has 5 heteroatoms. The van der Waals surface area contributed by atoms with Crippen LogP contribution in [0.4, 0.5) is 0 Å². The minimum absolute atomic E-state index is 0.814. The summed E-state index contributed by atoms with van der Waals surface area (Å²) >= 11 is 3.40. The Morgan fingerprint density at radius 2 is 2.05 bits per heavy atom. The second-order valence-corrected chi connectivity index (χ2v) is 5.79. The lowest BCUT2D eigenvalue weighted by molar-refractivity contribution is 0.251. The third-order valence-corrected chi connectivity index (χ3v) is 3.56. The molecular formula is C15H20BrN3O. The fraction of sp³-hybridized carbons (Fsp3) is 0.400. The molecule has 0 saturated carbocycles. The summed E-state index contributed by atoms with van der Waals surface area (Å²) in [7, 11) is 3.81. The third-order valence-electron chi connectivity index (χ3n) is 3.15. The highest BCUT2D eigenvalue weighted by Crippen LogP contribution is 2.13. The highest BCUT2D eigenvalue weighted by atomic mass is 79.9. The molecule has 0 radical (unpaired) electrons. The molecule has 4 nitrogen and oxygen atoms in total. The van der Waals surface area contributed by atoms with Crippen LogP contribution < -0.4 is 4.74 Å². The SMILES string of the molecule is COc1ccc(CCCN(C)Cn2cc(Br)cn2)cc1. The molecule has 0 fully saturated rings. The quantitative estimate of drug-likeness (QED) is 0.777. The van der Waals surface area contributed by atoms with Crippen molar-refractivity contribution >= 4 is 15.9 Å². The number of benzene rings is 1. The highest BCUT2D eigenvalue weighted by molar-refractivity contribution is 9.10. The molecule has 0 saturated heterocycles. The van der Waals surface area contributed by atoms with Gasteiger partial charge in [0, 0.05) is 6.20 Å². The van der Waals surface area contributed by atoms with Gasteiger partial charge in [-0.1, -0.05) is 12.1 Å². The van der Waals surface area contributed by atoms with E-state index in [1.165, 1.54) is 5.56 Å². The zero-order valence-electron chi connectivity index (χ0n) is 11.9. The molecule has 0 aliphatic rings. The first kappa shape index (κ1) is 15.1. The van der Waals surface area contributed by atoms with Crippen molar-refractivity contribution in [2.45, 2.75) is 19.5 Å². The molecule has 0 unspecified atom stereocenters. The van der Waals surface area contributed by atoms with Gasteiger partial charge in [0.25, 0.3) is 0 Å². The van der Waals surface area contributed by atoms with Gasteiger partial charge in [-0.2, -0.15) is 5.10 Å². The van der Waals surface area contributed by atoms with Crippen LogP contribution in [0, 0.1) is 0 Å². The van der Waals surface area contributed by atoms with E-state index in [-0.39, 0.29) is 0 Å². The zero-order valence-corrected chi connectivity index (χ0v) is 13.5. The molecule has 2 aromatic rings. The molecule has 0 spiro atoms. The number of halogens is 1. The highest BCUT2D eigenvalue weighted by Gasteiger charge is 2.02. The Hall–Kier alpha value is -1.33. The van der Waals surface area contributed by atoms with E-state index in [0.717, 1.165) is 36.3 Å². The molecule has 108 valence electrons. The van der Waals surface area contributed by atoms with Crippen LogP contribution >= 0.6 is 15.9 Å². The van der Waals surface area contributed by atoms with Crippen LogP contribution in [-0.4, -0.2) is 35.4 Å². The van der Waals surface area contributed by atoms with E-state index in [0.29, 0.717) is 0 Å². The Balaban J connectivity index is 1.71. The van der Waals surface area contributed by atoms with Crippen LogP contribution in [0.5, 0.6) is 5.75 Å². The largest absolute Gasteiger partial charge is 0.497 e. The maximum atomic E-state index is 5.16. The van der Waals surface area contributed by atoms with E-state index in [2.05, 4.69) is 45.1 Å². The van der Waals surface area contributed by atoms with Crippen LogP contribution in [0.1, 0.15) is 12.0 Å². The lowest BCUT2D eigenvalue weighted by atomic mass is 10.1. The van der Waals surface area contributed by atoms with E-state index in [9.17, 15) is 0 Å². The Morgan fingerprint density at radius 1 is 1.30 bits per heavy atom. The molecule has 2 rings (SSSR count). The van der Waals surface area contributed by atoms with Crippen molar-refractivity contribution in [2.24, 2.45) is 0 Å². The predicted octanol–water partition coefficient (Wildman–Crippen LogP) is 3.18. The molecule has 0 aliphatic carbocycles. The summed E-state index contributed by atoms with van der Waals surface area (Å²) in [6.07, 6.45) is 6.01. The summed E-state index contributed by atoms with van der Waals surface area (Å²) in [5.41, 5.74) is 1.35. The van der Waals surface area contributed by atoms with Crippen LogP contribution in [-0.2, 0) is 13.1 Å². The van der Waals surface area contributed by atoms with E-state index >= 15 is 0 Å². The number of nitrogens with zero attached hydrogens (tertiary/aromatic N) is 3. The van der Waals surface area contributed by atoms with Gasteiger partial charge >= 0.3 is 0 Å². The van der Waals surface area contributed by atoms with Crippen LogP contribution in [0.2, 0.25) is 0 Å². The van der Waals surface area contributed by atoms with Gasteiger partial charge in [0.15, 0.2) is 0 Å². The summed E-state index contributed by atoms with van der Waals surface area (Å²) in [5.74, 6) is 0.912. The lowest BCUT2D eigenvalue weighted by Crippen LogP contribution is -2.23. The third kappa shape index (κ3) is 4.65. The molecule has 0 N–H and O–H groups in total. The van der Waals surface area contributed by atoms with E-state index in [1.807, 2.05) is 29.2 Å². The number of ether oxygens (including phenoxy) is 1. The first-order valence-corrected chi connectivity index (χ1v) is 7.46. The zero-order chi connectivity index (χ0) is 14.4. The Morgan fingerprint density at radius 3 is 2.65 bits per heavy atom. The molecule has 0 bridgehead atoms. The molecule has 1 aromatic heterocycles. The molecule has 20 heavy (non-hydrogen) atoms. The van der Waals surface area contributed by atoms with E-state index < -0.39 is 0 Å². The first-order chi connectivity index (χ1) is 9.67. The molecule has 1 heterocycles. The van der Waals surface area contributed by atoms with Crippen molar-refractivity contribution in [3.63, 3.8) is 0 Å². The smallest absolute Gasteiger partial charge is 0.118 e. The van der Waals surface area contributed by atoms with E-state index in [4.69, 9.17) is 4.74 Å². The standard InChI is InChI=1S/C15H20BrN3O/c1-18(12-19-11-14(16)10-17-19)9-3-4-13-5-7-15(20-2)8-6-13/h5-8,10-11H,3-4,9,12H2,1-2H3. The van der Waals surface area contributed by atoms with E-state index in [1.54, 1.807) is 7.11 Å². The number of rotatable bonds is 7. The first-order valence-electron chi connectivity index (χ1n) is 6.67. The van der Waals surface area contributed by atoms with Crippen molar-refractivity contribution in [1.29, 1.82) is 0 Å². The second-order valence-electron chi connectivity index (χ2n) is 4.87. The van der Waals surface area contributed by atoms with Crippen molar-refractivity contribution in [2.75, 3.05) is 20.7 Å². The average molecular weight is 338 g/mol. The maximum absolute atomic E-state index is 5.16. The summed E-state index contributed by atoms with van der Waals surface area (Å²) in [6.45, 7) is 1.86. The second kappa shape index (κ2) is 7.45. The van der Waals surface area contributed by atoms with Gasteiger partial charge < -0.3 is 4.74 Å². The number of aromatic nitrogens is 2. The minimum Gasteiger partial charge on any atom is -0.497 e. The predicted molar refractivity (Wildman–Crippen MR) is 83.9 cm³/mol. The fourth-order valence-corrected chi connectivity index (χ4v) is 2.41. The number of aryl methyl sites for hydroxylation is 1. The number of hydrogen-bond acceptors (Lipinski definition) is 3. The van der Waals surface area contributed by atoms with Gasteiger partial charge in [0.1, 0.15) is 5.75 Å². The van der Waals surface area contributed by atoms with Crippen molar-refractivity contribution in [1.82, 2.24) is 14.7 Å². The average Bonchev–Trinajstić information content (AvgIpc) is 2.85. The molecule has 0 atom stereocenters. The van der Waals surface area contributed by atoms with Gasteiger partial charge in [-0.15, -0.1) is 0 Å². The summed E-state index contributed by atoms with van der Waals surface area (Å²) in [5, 5.41) is 4.26. The van der Waals surface area contributed by atoms with Gasteiger partial charge in [-0.3, -0.25) is 9.58 Å². The molecular weight excluding hydrogens is 318 g/mol. The molecule has 0 aliphatic heterocycles. The van der Waals surface area contributed by atoms with Gasteiger partial charge in [-0.25, -0.2) is 0 Å².